The second-order valence-electron chi connectivity index (χ2n) is 6.85. The van der Waals surface area contributed by atoms with Gasteiger partial charge in [0.15, 0.2) is 5.13 Å². The lowest BCUT2D eigenvalue weighted by Gasteiger charge is -2.00. The van der Waals surface area contributed by atoms with Crippen molar-refractivity contribution in [2.75, 3.05) is 5.32 Å². The number of aromatic nitrogens is 3. The lowest BCUT2D eigenvalue weighted by molar-refractivity contribution is -0.116. The van der Waals surface area contributed by atoms with Crippen LogP contribution in [0.15, 0.2) is 59.1 Å². The summed E-state index contributed by atoms with van der Waals surface area (Å²) < 4.78 is 18.9. The van der Waals surface area contributed by atoms with Crippen LogP contribution in [0.2, 0.25) is 0 Å². The zero-order valence-electron chi connectivity index (χ0n) is 16.3. The smallest absolute Gasteiger partial charge is 0.247 e. The number of amides is 1. The van der Waals surface area contributed by atoms with Crippen molar-refractivity contribution in [2.24, 2.45) is 0 Å². The maximum Gasteiger partial charge on any atom is 0.247 e. The Hall–Kier alpha value is -3.39. The molecule has 0 aliphatic heterocycles. The minimum absolute atomic E-state index is 0.184. The molecule has 0 radical (unpaired) electrons. The molecule has 8 heteroatoms. The minimum Gasteiger partial charge on any atom is -0.421 e. The number of benzene rings is 2. The van der Waals surface area contributed by atoms with E-state index in [-0.39, 0.29) is 18.1 Å². The molecule has 4 aromatic rings. The Morgan fingerprint density at radius 1 is 1.17 bits per heavy atom. The van der Waals surface area contributed by atoms with Crippen LogP contribution in [0.4, 0.5) is 9.52 Å². The maximum atomic E-state index is 13.3. The molecule has 0 fully saturated rings. The van der Waals surface area contributed by atoms with E-state index in [1.807, 2.05) is 37.3 Å². The standard InChI is InChI=1S/C22H19FN4O2S/c1-14-5-7-16(8-6-14)21-27-26-20(29-21)10-9-19(28)25-22-24-13-18(30-22)12-15-3-2-4-17(23)11-15/h2-8,11,13H,9-10,12H2,1H3,(H,24,25,28). The molecule has 2 heterocycles. The summed E-state index contributed by atoms with van der Waals surface area (Å²) in [5, 5.41) is 11.3. The van der Waals surface area contributed by atoms with E-state index in [2.05, 4.69) is 20.5 Å². The number of anilines is 1. The Balaban J connectivity index is 1.29. The summed E-state index contributed by atoms with van der Waals surface area (Å²) in [6, 6.07) is 14.2. The second-order valence-corrected chi connectivity index (χ2v) is 7.97. The van der Waals surface area contributed by atoms with E-state index in [9.17, 15) is 9.18 Å². The Morgan fingerprint density at radius 2 is 2.00 bits per heavy atom. The van der Waals surface area contributed by atoms with Crippen LogP contribution in [0.3, 0.4) is 0 Å². The number of nitrogens with one attached hydrogen (secondary N) is 1. The van der Waals surface area contributed by atoms with Crippen LogP contribution in [-0.2, 0) is 17.6 Å². The topological polar surface area (TPSA) is 80.9 Å². The van der Waals surface area contributed by atoms with Crippen molar-refractivity contribution in [3.63, 3.8) is 0 Å². The van der Waals surface area contributed by atoms with Gasteiger partial charge in [-0.2, -0.15) is 0 Å². The molecule has 2 aromatic heterocycles. The molecule has 0 aliphatic rings. The average molecular weight is 422 g/mol. The number of hydrogen-bond donors (Lipinski definition) is 1. The van der Waals surface area contributed by atoms with Crippen LogP contribution < -0.4 is 5.32 Å². The first-order valence-electron chi connectivity index (χ1n) is 9.43. The van der Waals surface area contributed by atoms with Gasteiger partial charge in [0, 0.05) is 35.9 Å². The summed E-state index contributed by atoms with van der Waals surface area (Å²) in [6.07, 6.45) is 2.80. The molecule has 0 unspecified atom stereocenters. The van der Waals surface area contributed by atoms with E-state index in [4.69, 9.17) is 4.42 Å². The molecular formula is C22H19FN4O2S. The molecule has 30 heavy (non-hydrogen) atoms. The van der Waals surface area contributed by atoms with E-state index < -0.39 is 0 Å². The largest absolute Gasteiger partial charge is 0.421 e. The Labute approximate surface area is 176 Å². The molecule has 1 N–H and O–H groups in total. The van der Waals surface area contributed by atoms with E-state index in [0.717, 1.165) is 21.6 Å². The van der Waals surface area contributed by atoms with Gasteiger partial charge in [-0.3, -0.25) is 4.79 Å². The third-order valence-electron chi connectivity index (χ3n) is 4.40. The van der Waals surface area contributed by atoms with E-state index in [1.165, 1.54) is 23.5 Å². The summed E-state index contributed by atoms with van der Waals surface area (Å²) in [6.45, 7) is 2.01. The van der Waals surface area contributed by atoms with Crippen molar-refractivity contribution in [1.29, 1.82) is 0 Å². The fourth-order valence-electron chi connectivity index (χ4n) is 2.86. The summed E-state index contributed by atoms with van der Waals surface area (Å²) in [7, 11) is 0. The van der Waals surface area contributed by atoms with Gasteiger partial charge in [-0.05, 0) is 36.8 Å². The van der Waals surface area contributed by atoms with E-state index in [0.29, 0.717) is 29.8 Å². The van der Waals surface area contributed by atoms with Gasteiger partial charge in [0.1, 0.15) is 5.82 Å². The first-order chi connectivity index (χ1) is 14.5. The van der Waals surface area contributed by atoms with Gasteiger partial charge < -0.3 is 9.73 Å². The highest BCUT2D eigenvalue weighted by molar-refractivity contribution is 7.15. The average Bonchev–Trinajstić information content (AvgIpc) is 3.37. The number of hydrogen-bond acceptors (Lipinski definition) is 6. The first-order valence-corrected chi connectivity index (χ1v) is 10.3. The molecule has 0 saturated carbocycles. The van der Waals surface area contributed by atoms with Gasteiger partial charge in [-0.25, -0.2) is 9.37 Å². The van der Waals surface area contributed by atoms with Gasteiger partial charge in [-0.1, -0.05) is 29.8 Å². The number of carbonyl (C=O) groups excluding carboxylic acids is 1. The van der Waals surface area contributed by atoms with Crippen LogP contribution in [-0.4, -0.2) is 21.1 Å². The van der Waals surface area contributed by atoms with Gasteiger partial charge in [0.25, 0.3) is 0 Å². The zero-order chi connectivity index (χ0) is 20.9. The normalized spacial score (nSPS) is 10.9. The van der Waals surface area contributed by atoms with Crippen LogP contribution in [0.5, 0.6) is 0 Å². The van der Waals surface area contributed by atoms with Crippen LogP contribution in [0.25, 0.3) is 11.5 Å². The van der Waals surface area contributed by atoms with Crippen molar-refractivity contribution < 1.29 is 13.6 Å². The number of aryl methyl sites for hydroxylation is 2. The number of rotatable bonds is 7. The fraction of sp³-hybridized carbons (Fsp3) is 0.182. The number of nitrogens with zero attached hydrogens (tertiary/aromatic N) is 3. The number of thiazole rings is 1. The number of halogens is 1. The molecule has 6 nitrogen and oxygen atoms in total. The lowest BCUT2D eigenvalue weighted by Crippen LogP contribution is -2.12. The summed E-state index contributed by atoms with van der Waals surface area (Å²) in [4.78, 5) is 17.4. The van der Waals surface area contributed by atoms with Crippen molar-refractivity contribution in [3.8, 4) is 11.5 Å². The van der Waals surface area contributed by atoms with Gasteiger partial charge in [0.05, 0.1) is 0 Å². The summed E-state index contributed by atoms with van der Waals surface area (Å²) in [5.74, 6) is 0.396. The predicted molar refractivity (Wildman–Crippen MR) is 113 cm³/mol. The van der Waals surface area contributed by atoms with Crippen LogP contribution >= 0.6 is 11.3 Å². The van der Waals surface area contributed by atoms with Gasteiger partial charge in [-0.15, -0.1) is 21.5 Å². The Bertz CT molecular complexity index is 1150. The highest BCUT2D eigenvalue weighted by Gasteiger charge is 2.12. The monoisotopic (exact) mass is 422 g/mol. The molecule has 152 valence electrons. The first kappa shape index (κ1) is 19.9. The van der Waals surface area contributed by atoms with Crippen molar-refractivity contribution >= 4 is 22.4 Å². The SMILES string of the molecule is Cc1ccc(-c2nnc(CCC(=O)Nc3ncc(Cc4cccc(F)c4)s3)o2)cc1. The molecule has 0 bridgehead atoms. The van der Waals surface area contributed by atoms with Crippen LogP contribution in [0, 0.1) is 12.7 Å². The molecule has 1 amide bonds. The molecule has 2 aromatic carbocycles. The highest BCUT2D eigenvalue weighted by atomic mass is 32.1. The zero-order valence-corrected chi connectivity index (χ0v) is 17.1. The van der Waals surface area contributed by atoms with Crippen molar-refractivity contribution in [1.82, 2.24) is 15.2 Å². The molecule has 0 atom stereocenters. The third kappa shape index (κ3) is 5.15. The number of carbonyl (C=O) groups is 1. The molecule has 0 saturated heterocycles. The molecular weight excluding hydrogens is 403 g/mol. The molecule has 0 spiro atoms. The molecule has 0 aliphatic carbocycles. The fourth-order valence-corrected chi connectivity index (χ4v) is 3.73. The molecule has 4 rings (SSSR count). The lowest BCUT2D eigenvalue weighted by atomic mass is 10.1. The van der Waals surface area contributed by atoms with Crippen molar-refractivity contribution in [2.45, 2.75) is 26.2 Å². The van der Waals surface area contributed by atoms with Crippen LogP contribution in [0.1, 0.15) is 28.3 Å². The third-order valence-corrected chi connectivity index (χ3v) is 5.31. The maximum absolute atomic E-state index is 13.3. The van der Waals surface area contributed by atoms with Crippen molar-refractivity contribution in [3.05, 3.63) is 82.4 Å². The van der Waals surface area contributed by atoms with E-state index in [1.54, 1.807) is 12.3 Å². The Morgan fingerprint density at radius 3 is 2.80 bits per heavy atom. The Kier molecular flexibility index (Phi) is 5.94. The highest BCUT2D eigenvalue weighted by Crippen LogP contribution is 2.22. The second kappa shape index (κ2) is 8.96. The van der Waals surface area contributed by atoms with E-state index >= 15 is 0 Å². The van der Waals surface area contributed by atoms with Gasteiger partial charge in [0.2, 0.25) is 17.7 Å². The minimum atomic E-state index is -0.267. The predicted octanol–water partition coefficient (Wildman–Crippen LogP) is 4.80. The summed E-state index contributed by atoms with van der Waals surface area (Å²) in [5.41, 5.74) is 2.85. The summed E-state index contributed by atoms with van der Waals surface area (Å²) >= 11 is 1.37. The quantitative estimate of drug-likeness (QED) is 0.463. The van der Waals surface area contributed by atoms with Gasteiger partial charge >= 0.3 is 0 Å².